The SMILES string of the molecule is NC(Cc1cn(-c2ccc([N+](=O)[O-])cc2Br)nn1)C(=O)O. The van der Waals surface area contributed by atoms with Crippen LogP contribution in [0.15, 0.2) is 28.9 Å². The van der Waals surface area contributed by atoms with Crippen molar-refractivity contribution >= 4 is 27.6 Å². The highest BCUT2D eigenvalue weighted by molar-refractivity contribution is 9.10. The fourth-order valence-corrected chi connectivity index (χ4v) is 2.17. The number of nitrogens with two attached hydrogens (primary N) is 1. The molecule has 1 heterocycles. The molecule has 9 nitrogen and oxygen atoms in total. The molecule has 0 radical (unpaired) electrons. The number of halogens is 1. The smallest absolute Gasteiger partial charge is 0.320 e. The first-order chi connectivity index (χ1) is 9.88. The van der Waals surface area contributed by atoms with Crippen LogP contribution in [0.3, 0.4) is 0 Å². The number of rotatable bonds is 5. The molecule has 10 heteroatoms. The van der Waals surface area contributed by atoms with Crippen molar-refractivity contribution in [3.8, 4) is 5.69 Å². The molecular weight excluding hydrogens is 346 g/mol. The van der Waals surface area contributed by atoms with Gasteiger partial charge in [0, 0.05) is 18.6 Å². The number of nitrogens with zero attached hydrogens (tertiary/aromatic N) is 4. The van der Waals surface area contributed by atoms with Gasteiger partial charge in [-0.25, -0.2) is 4.68 Å². The number of non-ortho nitro benzene ring substituents is 1. The zero-order valence-corrected chi connectivity index (χ0v) is 12.1. The van der Waals surface area contributed by atoms with Gasteiger partial charge in [0.1, 0.15) is 6.04 Å². The van der Waals surface area contributed by atoms with Crippen molar-refractivity contribution in [1.29, 1.82) is 0 Å². The van der Waals surface area contributed by atoms with Crippen LogP contribution in [0.25, 0.3) is 5.69 Å². The Balaban J connectivity index is 2.25. The molecule has 0 saturated heterocycles. The van der Waals surface area contributed by atoms with Gasteiger partial charge < -0.3 is 10.8 Å². The maximum absolute atomic E-state index is 10.7. The Morgan fingerprint density at radius 3 is 2.86 bits per heavy atom. The lowest BCUT2D eigenvalue weighted by Crippen LogP contribution is -2.32. The van der Waals surface area contributed by atoms with Crippen molar-refractivity contribution in [3.63, 3.8) is 0 Å². The van der Waals surface area contributed by atoms with Crippen LogP contribution in [0.5, 0.6) is 0 Å². The number of carboxylic acids is 1. The van der Waals surface area contributed by atoms with Crippen LogP contribution in [0.4, 0.5) is 5.69 Å². The molecule has 1 aromatic carbocycles. The normalized spacial score (nSPS) is 12.1. The van der Waals surface area contributed by atoms with Gasteiger partial charge in [-0.3, -0.25) is 14.9 Å². The van der Waals surface area contributed by atoms with E-state index in [-0.39, 0.29) is 12.1 Å². The molecule has 1 atom stereocenters. The van der Waals surface area contributed by atoms with E-state index < -0.39 is 16.9 Å². The van der Waals surface area contributed by atoms with Crippen molar-refractivity contribution in [2.24, 2.45) is 5.73 Å². The summed E-state index contributed by atoms with van der Waals surface area (Å²) < 4.78 is 1.85. The second-order valence-electron chi connectivity index (χ2n) is 4.20. The molecule has 0 fully saturated rings. The number of aliphatic carboxylic acids is 1. The summed E-state index contributed by atoms with van der Waals surface area (Å²) in [5.74, 6) is -1.12. The van der Waals surface area contributed by atoms with Crippen molar-refractivity contribution in [1.82, 2.24) is 15.0 Å². The second-order valence-corrected chi connectivity index (χ2v) is 5.05. The largest absolute Gasteiger partial charge is 0.480 e. The summed E-state index contributed by atoms with van der Waals surface area (Å²) in [5, 5.41) is 27.1. The van der Waals surface area contributed by atoms with Crippen molar-refractivity contribution in [2.75, 3.05) is 0 Å². The minimum absolute atomic E-state index is 0.0416. The summed E-state index contributed by atoms with van der Waals surface area (Å²) in [6.45, 7) is 0. The molecule has 3 N–H and O–H groups in total. The lowest BCUT2D eigenvalue weighted by Gasteiger charge is -2.03. The molecule has 0 saturated carbocycles. The Kier molecular flexibility index (Phi) is 4.29. The number of nitro groups is 1. The summed E-state index contributed by atoms with van der Waals surface area (Å²) in [6.07, 6.45) is 1.56. The van der Waals surface area contributed by atoms with E-state index in [1.165, 1.54) is 29.1 Å². The van der Waals surface area contributed by atoms with E-state index in [1.54, 1.807) is 0 Å². The van der Waals surface area contributed by atoms with Gasteiger partial charge in [-0.1, -0.05) is 5.21 Å². The monoisotopic (exact) mass is 355 g/mol. The molecule has 0 amide bonds. The van der Waals surface area contributed by atoms with Gasteiger partial charge in [0.05, 0.1) is 27.0 Å². The number of hydrogen-bond acceptors (Lipinski definition) is 6. The van der Waals surface area contributed by atoms with E-state index in [0.29, 0.717) is 15.9 Å². The minimum atomic E-state index is -1.12. The standard InChI is InChI=1S/C11H10BrN5O4/c12-8-4-7(17(20)21)1-2-10(8)16-5-6(14-15-16)3-9(13)11(18)19/h1-2,4-5,9H,3,13H2,(H,18,19). The molecule has 0 aliphatic rings. The zero-order chi connectivity index (χ0) is 15.6. The second kappa shape index (κ2) is 5.97. The van der Waals surface area contributed by atoms with Crippen molar-refractivity contribution in [3.05, 3.63) is 44.7 Å². The van der Waals surface area contributed by atoms with Crippen LogP contribution in [0, 0.1) is 10.1 Å². The summed E-state index contributed by atoms with van der Waals surface area (Å²) >= 11 is 3.22. The molecular formula is C11H10BrN5O4. The fraction of sp³-hybridized carbons (Fsp3) is 0.182. The van der Waals surface area contributed by atoms with E-state index in [0.717, 1.165) is 0 Å². The summed E-state index contributed by atoms with van der Waals surface area (Å²) in [7, 11) is 0. The maximum Gasteiger partial charge on any atom is 0.320 e. The minimum Gasteiger partial charge on any atom is -0.480 e. The molecule has 0 aliphatic carbocycles. The third-order valence-corrected chi connectivity index (χ3v) is 3.31. The first-order valence-corrected chi connectivity index (χ1v) is 6.51. The van der Waals surface area contributed by atoms with E-state index in [9.17, 15) is 14.9 Å². The van der Waals surface area contributed by atoms with E-state index in [2.05, 4.69) is 26.2 Å². The third kappa shape index (κ3) is 3.41. The molecule has 1 unspecified atom stereocenters. The number of hydrogen-bond donors (Lipinski definition) is 2. The van der Waals surface area contributed by atoms with Crippen LogP contribution < -0.4 is 5.73 Å². The summed E-state index contributed by atoms with van der Waals surface area (Å²) in [5.41, 5.74) is 6.32. The highest BCUT2D eigenvalue weighted by atomic mass is 79.9. The molecule has 0 bridgehead atoms. The molecule has 21 heavy (non-hydrogen) atoms. The van der Waals surface area contributed by atoms with Crippen molar-refractivity contribution < 1.29 is 14.8 Å². The van der Waals surface area contributed by atoms with Crippen LogP contribution in [-0.4, -0.2) is 37.0 Å². The Labute approximate surface area is 126 Å². The molecule has 0 spiro atoms. The predicted molar refractivity (Wildman–Crippen MR) is 75.0 cm³/mol. The highest BCUT2D eigenvalue weighted by Gasteiger charge is 2.16. The zero-order valence-electron chi connectivity index (χ0n) is 10.5. The van der Waals surface area contributed by atoms with Gasteiger partial charge in [0.2, 0.25) is 0 Å². The van der Waals surface area contributed by atoms with Gasteiger partial charge in [-0.05, 0) is 22.0 Å². The molecule has 1 aromatic heterocycles. The summed E-state index contributed by atoms with van der Waals surface area (Å²) in [4.78, 5) is 20.8. The quantitative estimate of drug-likeness (QED) is 0.599. The fourth-order valence-electron chi connectivity index (χ4n) is 1.62. The Morgan fingerprint density at radius 2 is 2.29 bits per heavy atom. The van der Waals surface area contributed by atoms with Crippen LogP contribution in [0.2, 0.25) is 0 Å². The number of carbonyl (C=O) groups is 1. The van der Waals surface area contributed by atoms with Gasteiger partial charge in [-0.2, -0.15) is 0 Å². The number of aromatic nitrogens is 3. The maximum atomic E-state index is 10.7. The Hall–Kier alpha value is -2.33. The summed E-state index contributed by atoms with van der Waals surface area (Å²) in [6, 6.07) is 3.14. The van der Waals surface area contributed by atoms with Gasteiger partial charge in [-0.15, -0.1) is 5.10 Å². The number of benzene rings is 1. The van der Waals surface area contributed by atoms with Gasteiger partial charge >= 0.3 is 5.97 Å². The predicted octanol–water partition coefficient (Wildman–Crippen LogP) is 0.892. The molecule has 110 valence electrons. The molecule has 2 rings (SSSR count). The average Bonchev–Trinajstić information content (AvgIpc) is 2.86. The van der Waals surface area contributed by atoms with Gasteiger partial charge in [0.25, 0.3) is 5.69 Å². The molecule has 2 aromatic rings. The first kappa shape index (κ1) is 15.1. The Bertz CT molecular complexity index is 702. The van der Waals surface area contributed by atoms with Crippen LogP contribution >= 0.6 is 15.9 Å². The number of carboxylic acid groups (broad SMARTS) is 1. The first-order valence-electron chi connectivity index (χ1n) is 5.72. The van der Waals surface area contributed by atoms with E-state index in [4.69, 9.17) is 10.8 Å². The highest BCUT2D eigenvalue weighted by Crippen LogP contribution is 2.25. The topological polar surface area (TPSA) is 137 Å². The third-order valence-electron chi connectivity index (χ3n) is 2.68. The van der Waals surface area contributed by atoms with E-state index >= 15 is 0 Å². The van der Waals surface area contributed by atoms with Crippen LogP contribution in [-0.2, 0) is 11.2 Å². The number of nitro benzene ring substituents is 1. The lowest BCUT2D eigenvalue weighted by molar-refractivity contribution is -0.384. The average molecular weight is 356 g/mol. The lowest BCUT2D eigenvalue weighted by atomic mass is 10.2. The van der Waals surface area contributed by atoms with Crippen LogP contribution in [0.1, 0.15) is 5.69 Å². The Morgan fingerprint density at radius 1 is 1.57 bits per heavy atom. The van der Waals surface area contributed by atoms with E-state index in [1.807, 2.05) is 0 Å². The van der Waals surface area contributed by atoms with Gasteiger partial charge in [0.15, 0.2) is 0 Å². The van der Waals surface area contributed by atoms with Crippen molar-refractivity contribution in [2.45, 2.75) is 12.5 Å². The molecule has 0 aliphatic heterocycles.